The maximum atomic E-state index is 13.3. The van der Waals surface area contributed by atoms with E-state index in [2.05, 4.69) is 33.6 Å². The van der Waals surface area contributed by atoms with Gasteiger partial charge in [-0.05, 0) is 55.1 Å². The van der Waals surface area contributed by atoms with Gasteiger partial charge in [0.05, 0.1) is 41.7 Å². The zero-order chi connectivity index (χ0) is 28.5. The molecule has 3 aliphatic rings. The van der Waals surface area contributed by atoms with Crippen LogP contribution in [0.25, 0.3) is 11.3 Å². The van der Waals surface area contributed by atoms with Crippen molar-refractivity contribution < 1.29 is 14.3 Å². The number of hydrogen-bond acceptors (Lipinski definition) is 7. The average Bonchev–Trinajstić information content (AvgIpc) is 3.59. The van der Waals surface area contributed by atoms with Gasteiger partial charge in [0.2, 0.25) is 5.91 Å². The van der Waals surface area contributed by atoms with E-state index in [0.29, 0.717) is 35.7 Å². The summed E-state index contributed by atoms with van der Waals surface area (Å²) in [4.78, 5) is 32.4. The molecule has 3 aromatic carbocycles. The number of nitriles is 1. The van der Waals surface area contributed by atoms with Crippen LogP contribution >= 0.6 is 0 Å². The third kappa shape index (κ3) is 5.40. The molecule has 3 aliphatic heterocycles. The van der Waals surface area contributed by atoms with Gasteiger partial charge in [0, 0.05) is 62.1 Å². The molecule has 208 valence electrons. The first-order chi connectivity index (χ1) is 19.9. The minimum Gasteiger partial charge on any atom is -0.493 e. The standard InChI is InChI=1S/C32H32N6O3/c1-36-12-14-38(15-13-36)20-29(39)37(2)25-8-6-24(7-9-25)34-31(23-5-4-22-11-16-41-28(22)18-23)30-26-10-3-21(19-33)17-27(26)35-32(30)40/h3-10,17-18,34H,11-16,20H2,1-2H3,(H,35,40). The number of nitrogens with zero attached hydrogens (tertiary/aromatic N) is 4. The zero-order valence-electron chi connectivity index (χ0n) is 23.2. The fourth-order valence-corrected chi connectivity index (χ4v) is 5.45. The maximum Gasteiger partial charge on any atom is 0.258 e. The number of carbonyl (C=O) groups excluding carboxylic acids is 2. The second kappa shape index (κ2) is 11.1. The zero-order valence-corrected chi connectivity index (χ0v) is 23.2. The fraction of sp³-hybridized carbons (Fsp3) is 0.281. The van der Waals surface area contributed by atoms with Crippen molar-refractivity contribution in [1.29, 1.82) is 5.26 Å². The molecule has 6 rings (SSSR count). The number of carbonyl (C=O) groups is 2. The Morgan fingerprint density at radius 2 is 1.85 bits per heavy atom. The minimum atomic E-state index is -0.245. The number of likely N-dealkylation sites (N-methyl/N-ethyl adjacent to an activating group) is 2. The van der Waals surface area contributed by atoms with Crippen LogP contribution in [0.15, 0.2) is 60.7 Å². The van der Waals surface area contributed by atoms with Crippen molar-refractivity contribution in [1.82, 2.24) is 9.80 Å². The molecule has 3 heterocycles. The molecule has 0 aromatic heterocycles. The molecule has 0 spiro atoms. The highest BCUT2D eigenvalue weighted by Gasteiger charge is 2.29. The Bertz CT molecular complexity index is 1580. The van der Waals surface area contributed by atoms with Crippen molar-refractivity contribution in [2.45, 2.75) is 6.42 Å². The Morgan fingerprint density at radius 3 is 2.61 bits per heavy atom. The minimum absolute atomic E-state index is 0.0483. The Hall–Kier alpha value is -4.65. The maximum absolute atomic E-state index is 13.3. The van der Waals surface area contributed by atoms with Crippen molar-refractivity contribution in [3.8, 4) is 11.8 Å². The van der Waals surface area contributed by atoms with E-state index < -0.39 is 0 Å². The van der Waals surface area contributed by atoms with Gasteiger partial charge in [0.25, 0.3) is 5.91 Å². The van der Waals surface area contributed by atoms with Gasteiger partial charge in [-0.2, -0.15) is 5.26 Å². The van der Waals surface area contributed by atoms with Crippen molar-refractivity contribution in [3.05, 3.63) is 82.9 Å². The number of nitrogens with one attached hydrogen (secondary N) is 2. The highest BCUT2D eigenvalue weighted by atomic mass is 16.5. The third-order valence-corrected chi connectivity index (χ3v) is 7.98. The molecule has 0 saturated carbocycles. The van der Waals surface area contributed by atoms with Gasteiger partial charge in [-0.1, -0.05) is 18.2 Å². The molecule has 0 bridgehead atoms. The Kier molecular flexibility index (Phi) is 7.18. The average molecular weight is 549 g/mol. The predicted molar refractivity (Wildman–Crippen MR) is 160 cm³/mol. The SMILES string of the molecule is CN1CCN(CC(=O)N(C)c2ccc(NC(=C3C(=O)Nc4cc(C#N)ccc43)c3ccc4c(c3)OCC4)cc2)CC1. The van der Waals surface area contributed by atoms with Gasteiger partial charge in [-0.25, -0.2) is 0 Å². The van der Waals surface area contributed by atoms with Gasteiger partial charge < -0.3 is 25.2 Å². The molecule has 0 atom stereocenters. The lowest BCUT2D eigenvalue weighted by Gasteiger charge is -2.32. The lowest BCUT2D eigenvalue weighted by Crippen LogP contribution is -2.48. The Morgan fingerprint density at radius 1 is 1.07 bits per heavy atom. The number of ether oxygens (including phenoxy) is 1. The summed E-state index contributed by atoms with van der Waals surface area (Å²) in [5.41, 5.74) is 6.46. The van der Waals surface area contributed by atoms with Crippen LogP contribution in [0.2, 0.25) is 0 Å². The summed E-state index contributed by atoms with van der Waals surface area (Å²) >= 11 is 0. The summed E-state index contributed by atoms with van der Waals surface area (Å²) in [5.74, 6) is 0.619. The summed E-state index contributed by atoms with van der Waals surface area (Å²) in [6.45, 7) is 4.74. The van der Waals surface area contributed by atoms with Gasteiger partial charge in [0.1, 0.15) is 5.75 Å². The van der Waals surface area contributed by atoms with Crippen molar-refractivity contribution >= 4 is 40.1 Å². The van der Waals surface area contributed by atoms with E-state index >= 15 is 0 Å². The Balaban J connectivity index is 1.29. The number of fused-ring (bicyclic) bond motifs is 2. The molecule has 41 heavy (non-hydrogen) atoms. The Labute approximate surface area is 239 Å². The van der Waals surface area contributed by atoms with Gasteiger partial charge >= 0.3 is 0 Å². The first-order valence-electron chi connectivity index (χ1n) is 13.8. The largest absolute Gasteiger partial charge is 0.493 e. The molecule has 0 radical (unpaired) electrons. The summed E-state index contributed by atoms with van der Waals surface area (Å²) < 4.78 is 5.82. The van der Waals surface area contributed by atoms with E-state index in [-0.39, 0.29) is 11.8 Å². The van der Waals surface area contributed by atoms with Crippen LogP contribution in [0.3, 0.4) is 0 Å². The van der Waals surface area contributed by atoms with E-state index in [1.807, 2.05) is 42.5 Å². The molecular weight excluding hydrogens is 516 g/mol. The molecule has 3 aromatic rings. The van der Waals surface area contributed by atoms with E-state index in [4.69, 9.17) is 4.74 Å². The molecule has 9 nitrogen and oxygen atoms in total. The second-order valence-corrected chi connectivity index (χ2v) is 10.7. The van der Waals surface area contributed by atoms with Crippen LogP contribution in [0.4, 0.5) is 17.1 Å². The highest BCUT2D eigenvalue weighted by molar-refractivity contribution is 6.37. The van der Waals surface area contributed by atoms with Gasteiger partial charge in [-0.3, -0.25) is 14.5 Å². The van der Waals surface area contributed by atoms with Crippen LogP contribution in [0.5, 0.6) is 5.75 Å². The third-order valence-electron chi connectivity index (χ3n) is 7.98. The molecule has 9 heteroatoms. The fourth-order valence-electron chi connectivity index (χ4n) is 5.45. The number of piperazine rings is 1. The first-order valence-corrected chi connectivity index (χ1v) is 13.8. The summed E-state index contributed by atoms with van der Waals surface area (Å²) in [5, 5.41) is 15.7. The van der Waals surface area contributed by atoms with E-state index in [1.165, 1.54) is 0 Å². The van der Waals surface area contributed by atoms with Crippen molar-refractivity contribution in [2.75, 3.05) is 69.0 Å². The summed E-state index contributed by atoms with van der Waals surface area (Å²) in [6, 6.07) is 21.0. The van der Waals surface area contributed by atoms with E-state index in [1.54, 1.807) is 30.1 Å². The molecule has 1 fully saturated rings. The van der Waals surface area contributed by atoms with Gasteiger partial charge in [0.15, 0.2) is 0 Å². The van der Waals surface area contributed by atoms with Crippen LogP contribution < -0.4 is 20.3 Å². The van der Waals surface area contributed by atoms with Crippen LogP contribution in [-0.4, -0.2) is 75.0 Å². The van der Waals surface area contributed by atoms with Gasteiger partial charge in [-0.15, -0.1) is 0 Å². The van der Waals surface area contributed by atoms with Crippen LogP contribution in [0, 0.1) is 11.3 Å². The van der Waals surface area contributed by atoms with Crippen molar-refractivity contribution in [3.63, 3.8) is 0 Å². The monoisotopic (exact) mass is 548 g/mol. The summed E-state index contributed by atoms with van der Waals surface area (Å²) in [7, 11) is 3.90. The van der Waals surface area contributed by atoms with Crippen LogP contribution in [-0.2, 0) is 16.0 Å². The van der Waals surface area contributed by atoms with E-state index in [0.717, 1.165) is 66.4 Å². The number of benzene rings is 3. The van der Waals surface area contributed by atoms with E-state index in [9.17, 15) is 14.9 Å². The second-order valence-electron chi connectivity index (χ2n) is 10.7. The molecule has 2 amide bonds. The normalized spacial score (nSPS) is 17.6. The molecule has 0 unspecified atom stereocenters. The molecular formula is C32H32N6O3. The quantitative estimate of drug-likeness (QED) is 0.454. The lowest BCUT2D eigenvalue weighted by molar-refractivity contribution is -0.119. The topological polar surface area (TPSA) is 101 Å². The lowest BCUT2D eigenvalue weighted by atomic mass is 9.98. The number of hydrogen-bond donors (Lipinski definition) is 2. The first kappa shape index (κ1) is 26.6. The summed E-state index contributed by atoms with van der Waals surface area (Å²) in [6.07, 6.45) is 0.859. The smallest absolute Gasteiger partial charge is 0.258 e. The number of amides is 2. The molecule has 0 aliphatic carbocycles. The highest BCUT2D eigenvalue weighted by Crippen LogP contribution is 2.39. The molecule has 2 N–H and O–H groups in total. The van der Waals surface area contributed by atoms with Crippen molar-refractivity contribution in [2.24, 2.45) is 0 Å². The molecule has 1 saturated heterocycles. The number of rotatable bonds is 6. The number of anilines is 3. The van der Waals surface area contributed by atoms with Crippen LogP contribution in [0.1, 0.15) is 22.3 Å². The predicted octanol–water partition coefficient (Wildman–Crippen LogP) is 3.64.